The zero-order chi connectivity index (χ0) is 21.9. The molecule has 30 heavy (non-hydrogen) atoms. The number of carbonyl (C=O) groups is 2. The maximum Gasteiger partial charge on any atom is 0.320 e. The van der Waals surface area contributed by atoms with Crippen molar-refractivity contribution in [3.8, 4) is 0 Å². The lowest BCUT2D eigenvalue weighted by Crippen LogP contribution is -2.29. The molecule has 2 aromatic rings. The van der Waals surface area contributed by atoms with Crippen molar-refractivity contribution in [1.82, 2.24) is 9.55 Å². The summed E-state index contributed by atoms with van der Waals surface area (Å²) in [5, 5.41) is 1.59. The Kier molecular flexibility index (Phi) is 10.2. The Labute approximate surface area is 187 Å². The van der Waals surface area contributed by atoms with E-state index in [2.05, 4.69) is 16.5 Å². The third kappa shape index (κ3) is 6.77. The molecule has 0 fully saturated rings. The summed E-state index contributed by atoms with van der Waals surface area (Å²) in [5.41, 5.74) is 1.93. The first-order chi connectivity index (χ1) is 14.5. The quantitative estimate of drug-likeness (QED) is 0.262. The van der Waals surface area contributed by atoms with Gasteiger partial charge in [-0.25, -0.2) is 4.98 Å². The Bertz CT molecular complexity index is 822. The molecule has 6 nitrogen and oxygen atoms in total. The summed E-state index contributed by atoms with van der Waals surface area (Å²) < 4.78 is 12.3. The maximum absolute atomic E-state index is 12.3. The van der Waals surface area contributed by atoms with Crippen molar-refractivity contribution in [1.29, 1.82) is 0 Å². The van der Waals surface area contributed by atoms with Crippen LogP contribution in [0.5, 0.6) is 0 Å². The number of imidazole rings is 1. The molecule has 0 aliphatic rings. The molecule has 0 radical (unpaired) electrons. The van der Waals surface area contributed by atoms with Crippen molar-refractivity contribution in [2.24, 2.45) is 5.92 Å². The summed E-state index contributed by atoms with van der Waals surface area (Å²) >= 11 is 8.05. The van der Waals surface area contributed by atoms with Gasteiger partial charge in [0.2, 0.25) is 0 Å². The molecule has 0 aliphatic heterocycles. The van der Waals surface area contributed by atoms with Gasteiger partial charge in [0.15, 0.2) is 11.1 Å². The molecule has 0 saturated heterocycles. The minimum Gasteiger partial charge on any atom is -0.465 e. The van der Waals surface area contributed by atoms with E-state index in [1.54, 1.807) is 25.6 Å². The molecule has 1 aromatic heterocycles. The van der Waals surface area contributed by atoms with Crippen LogP contribution in [0.15, 0.2) is 35.6 Å². The van der Waals surface area contributed by atoms with Crippen LogP contribution in [0.25, 0.3) is 0 Å². The number of thioether (sulfide) groups is 1. The molecule has 0 amide bonds. The van der Waals surface area contributed by atoms with Crippen molar-refractivity contribution in [2.45, 2.75) is 51.7 Å². The topological polar surface area (TPSA) is 70.4 Å². The number of ether oxygens (including phenoxy) is 2. The number of rotatable bonds is 12. The van der Waals surface area contributed by atoms with E-state index < -0.39 is 17.9 Å². The number of carbonyl (C=O) groups excluding carboxylic acids is 2. The van der Waals surface area contributed by atoms with Crippen molar-refractivity contribution in [3.05, 3.63) is 46.7 Å². The van der Waals surface area contributed by atoms with Gasteiger partial charge in [-0.1, -0.05) is 48.5 Å². The third-order valence-electron chi connectivity index (χ3n) is 4.45. The fourth-order valence-corrected chi connectivity index (χ4v) is 4.02. The number of nitrogens with zero attached hydrogens (tertiary/aromatic N) is 2. The predicted molar refractivity (Wildman–Crippen MR) is 119 cm³/mol. The molecule has 0 spiro atoms. The average molecular weight is 453 g/mol. The van der Waals surface area contributed by atoms with Gasteiger partial charge < -0.3 is 14.0 Å². The Morgan fingerprint density at radius 3 is 2.40 bits per heavy atom. The number of halogens is 1. The molecule has 1 aromatic carbocycles. The maximum atomic E-state index is 12.3. The van der Waals surface area contributed by atoms with E-state index in [9.17, 15) is 9.59 Å². The van der Waals surface area contributed by atoms with Crippen LogP contribution < -0.4 is 0 Å². The van der Waals surface area contributed by atoms with Gasteiger partial charge in [0, 0.05) is 22.7 Å². The van der Waals surface area contributed by atoms with E-state index in [1.165, 1.54) is 0 Å². The van der Waals surface area contributed by atoms with Gasteiger partial charge in [-0.2, -0.15) is 0 Å². The first kappa shape index (κ1) is 24.3. The smallest absolute Gasteiger partial charge is 0.320 e. The van der Waals surface area contributed by atoms with Gasteiger partial charge >= 0.3 is 11.9 Å². The second-order valence-corrected chi connectivity index (χ2v) is 8.12. The normalized spacial score (nSPS) is 11.0. The summed E-state index contributed by atoms with van der Waals surface area (Å²) in [4.78, 5) is 29.1. The van der Waals surface area contributed by atoms with Crippen LogP contribution in [-0.4, -0.2) is 40.5 Å². The molecule has 0 aliphatic carbocycles. The van der Waals surface area contributed by atoms with Crippen LogP contribution in [0.2, 0.25) is 5.02 Å². The predicted octanol–water partition coefficient (Wildman–Crippen LogP) is 4.76. The first-order valence-electron chi connectivity index (χ1n) is 10.3. The summed E-state index contributed by atoms with van der Waals surface area (Å²) in [5.74, 6) is -1.09. The van der Waals surface area contributed by atoms with E-state index in [0.29, 0.717) is 24.4 Å². The monoisotopic (exact) mass is 452 g/mol. The lowest BCUT2D eigenvalue weighted by molar-refractivity contribution is -0.161. The molecule has 0 atom stereocenters. The van der Waals surface area contributed by atoms with Gasteiger partial charge in [-0.3, -0.25) is 9.59 Å². The molecule has 8 heteroatoms. The Balaban J connectivity index is 2.24. The van der Waals surface area contributed by atoms with E-state index in [0.717, 1.165) is 28.6 Å². The zero-order valence-corrected chi connectivity index (χ0v) is 19.3. The van der Waals surface area contributed by atoms with Crippen molar-refractivity contribution < 1.29 is 19.1 Å². The highest BCUT2D eigenvalue weighted by molar-refractivity contribution is 7.99. The van der Waals surface area contributed by atoms with Gasteiger partial charge in [0.05, 0.1) is 19.8 Å². The highest BCUT2D eigenvalue weighted by Gasteiger charge is 2.29. The van der Waals surface area contributed by atoms with Crippen LogP contribution >= 0.6 is 23.4 Å². The molecule has 2 rings (SSSR count). The van der Waals surface area contributed by atoms with Crippen molar-refractivity contribution in [3.63, 3.8) is 0 Å². The van der Waals surface area contributed by atoms with E-state index in [4.69, 9.17) is 21.1 Å². The lowest BCUT2D eigenvalue weighted by atomic mass is 10.0. The summed E-state index contributed by atoms with van der Waals surface area (Å²) in [6, 6.07) is 7.70. The van der Waals surface area contributed by atoms with E-state index in [-0.39, 0.29) is 13.2 Å². The molecule has 164 valence electrons. The van der Waals surface area contributed by atoms with Gasteiger partial charge in [-0.15, -0.1) is 0 Å². The van der Waals surface area contributed by atoms with Crippen LogP contribution in [-0.2, 0) is 32.0 Å². The van der Waals surface area contributed by atoms with Crippen molar-refractivity contribution in [2.75, 3.05) is 19.0 Å². The van der Waals surface area contributed by atoms with Crippen LogP contribution in [0.3, 0.4) is 0 Å². The lowest BCUT2D eigenvalue weighted by Gasteiger charge is -2.16. The van der Waals surface area contributed by atoms with Crippen LogP contribution in [0.4, 0.5) is 0 Å². The second-order valence-electron chi connectivity index (χ2n) is 6.65. The largest absolute Gasteiger partial charge is 0.465 e. The SMILES string of the molecule is CCCSc1ncc(CCC(C(=O)OCC)C(=O)OCC)n1Cc1ccccc1Cl. The fraction of sp³-hybridized carbons (Fsp3) is 0.500. The number of aromatic nitrogens is 2. The molecule has 0 N–H and O–H groups in total. The molecule has 0 unspecified atom stereocenters. The number of aryl methyl sites for hydroxylation is 1. The Hall–Kier alpha value is -1.99. The van der Waals surface area contributed by atoms with Crippen LogP contribution in [0, 0.1) is 5.92 Å². The zero-order valence-electron chi connectivity index (χ0n) is 17.7. The number of hydrogen-bond acceptors (Lipinski definition) is 6. The van der Waals surface area contributed by atoms with Gasteiger partial charge in [-0.05, 0) is 44.7 Å². The highest BCUT2D eigenvalue weighted by Crippen LogP contribution is 2.25. The molecule has 1 heterocycles. The Morgan fingerprint density at radius 2 is 1.80 bits per heavy atom. The average Bonchev–Trinajstić information content (AvgIpc) is 3.10. The third-order valence-corrected chi connectivity index (χ3v) is 6.02. The van der Waals surface area contributed by atoms with E-state index >= 15 is 0 Å². The van der Waals surface area contributed by atoms with E-state index in [1.807, 2.05) is 30.5 Å². The summed E-state index contributed by atoms with van der Waals surface area (Å²) in [7, 11) is 0. The standard InChI is InChI=1S/C22H29ClN2O4S/c1-4-13-30-22-24-14-17(25(22)15-16-9-7-8-10-19(16)23)11-12-18(20(26)28-5-2)21(27)29-6-3/h7-10,14,18H,4-6,11-13,15H2,1-3H3. The molecular formula is C22H29ClN2O4S. The number of benzene rings is 1. The second kappa shape index (κ2) is 12.6. The number of esters is 2. The minimum atomic E-state index is -0.944. The highest BCUT2D eigenvalue weighted by atomic mass is 35.5. The molecular weight excluding hydrogens is 424 g/mol. The fourth-order valence-electron chi connectivity index (χ4n) is 2.98. The molecule has 0 bridgehead atoms. The van der Waals surface area contributed by atoms with Crippen LogP contribution in [0.1, 0.15) is 44.9 Å². The summed E-state index contributed by atoms with van der Waals surface area (Å²) in [6.45, 7) is 6.57. The minimum absolute atomic E-state index is 0.219. The summed E-state index contributed by atoms with van der Waals surface area (Å²) in [6.07, 6.45) is 3.63. The van der Waals surface area contributed by atoms with Gasteiger partial charge in [0.1, 0.15) is 0 Å². The number of hydrogen-bond donors (Lipinski definition) is 0. The van der Waals surface area contributed by atoms with Gasteiger partial charge in [0.25, 0.3) is 0 Å². The first-order valence-corrected chi connectivity index (χ1v) is 11.6. The Morgan fingerprint density at radius 1 is 1.13 bits per heavy atom. The molecule has 0 saturated carbocycles. The van der Waals surface area contributed by atoms with Crippen molar-refractivity contribution >= 4 is 35.3 Å².